The zero-order valence-corrected chi connectivity index (χ0v) is 11.4. The molecule has 1 aliphatic rings. The molecule has 1 fully saturated rings. The number of hydrogen-bond acceptors (Lipinski definition) is 4. The number of amides is 1. The Morgan fingerprint density at radius 3 is 2.60 bits per heavy atom. The van der Waals surface area contributed by atoms with E-state index >= 15 is 0 Å². The summed E-state index contributed by atoms with van der Waals surface area (Å²) in [7, 11) is 0. The molecule has 0 aromatic carbocycles. The maximum Gasteiger partial charge on any atom is 0.371 e. The van der Waals surface area contributed by atoms with E-state index in [2.05, 4.69) is 5.32 Å². The van der Waals surface area contributed by atoms with Gasteiger partial charge in [-0.05, 0) is 25.0 Å². The fraction of sp³-hybridized carbons (Fsp3) is 0.571. The molecule has 0 radical (unpaired) electrons. The van der Waals surface area contributed by atoms with Gasteiger partial charge in [0.05, 0.1) is 6.54 Å². The molecule has 20 heavy (non-hydrogen) atoms. The van der Waals surface area contributed by atoms with Gasteiger partial charge in [0.2, 0.25) is 11.7 Å². The molecule has 6 heteroatoms. The topological polar surface area (TPSA) is 106 Å². The minimum atomic E-state index is -1.12. The first-order chi connectivity index (χ1) is 9.48. The molecule has 4 N–H and O–H groups in total. The zero-order chi connectivity index (χ0) is 14.6. The van der Waals surface area contributed by atoms with E-state index in [4.69, 9.17) is 15.3 Å². The zero-order valence-electron chi connectivity index (χ0n) is 11.4. The second-order valence-electron chi connectivity index (χ2n) is 5.45. The van der Waals surface area contributed by atoms with Crippen LogP contribution in [0.1, 0.15) is 54.8 Å². The normalized spacial score (nSPS) is 17.6. The van der Waals surface area contributed by atoms with Gasteiger partial charge in [0.1, 0.15) is 5.76 Å². The van der Waals surface area contributed by atoms with Crippen LogP contribution in [0.4, 0.5) is 0 Å². The quantitative estimate of drug-likeness (QED) is 0.760. The summed E-state index contributed by atoms with van der Waals surface area (Å²) in [5, 5.41) is 11.4. The second-order valence-corrected chi connectivity index (χ2v) is 5.45. The van der Waals surface area contributed by atoms with Gasteiger partial charge < -0.3 is 20.6 Å². The van der Waals surface area contributed by atoms with Crippen molar-refractivity contribution >= 4 is 11.9 Å². The van der Waals surface area contributed by atoms with E-state index in [1.807, 2.05) is 0 Å². The van der Waals surface area contributed by atoms with Gasteiger partial charge in [0.15, 0.2) is 0 Å². The summed E-state index contributed by atoms with van der Waals surface area (Å²) in [6.45, 7) is 0.183. The average Bonchev–Trinajstić information content (AvgIpc) is 2.85. The van der Waals surface area contributed by atoms with Gasteiger partial charge in [0.25, 0.3) is 0 Å². The summed E-state index contributed by atoms with van der Waals surface area (Å²) in [5.41, 5.74) is 5.82. The predicted molar refractivity (Wildman–Crippen MR) is 72.1 cm³/mol. The van der Waals surface area contributed by atoms with E-state index in [1.165, 1.54) is 12.5 Å². The van der Waals surface area contributed by atoms with Gasteiger partial charge in [0, 0.05) is 12.0 Å². The summed E-state index contributed by atoms with van der Waals surface area (Å²) >= 11 is 0. The first kappa shape index (κ1) is 14.6. The van der Waals surface area contributed by atoms with E-state index in [9.17, 15) is 9.59 Å². The largest absolute Gasteiger partial charge is 0.475 e. The minimum Gasteiger partial charge on any atom is -0.475 e. The fourth-order valence-corrected chi connectivity index (χ4v) is 2.59. The highest BCUT2D eigenvalue weighted by molar-refractivity contribution is 5.84. The van der Waals surface area contributed by atoms with Crippen LogP contribution in [0.2, 0.25) is 0 Å². The van der Waals surface area contributed by atoms with Gasteiger partial charge in [-0.1, -0.05) is 19.3 Å². The highest BCUT2D eigenvalue weighted by Crippen LogP contribution is 2.28. The third kappa shape index (κ3) is 3.84. The standard InChI is InChI=1S/C14H20N2O4/c15-14(6-2-1-3-7-14)8-12(17)16-9-10-4-5-11(20-10)13(18)19/h4-5H,1-3,6-9,15H2,(H,16,17)(H,18,19). The van der Waals surface area contributed by atoms with Gasteiger partial charge in [-0.25, -0.2) is 4.79 Å². The SMILES string of the molecule is NC1(CC(=O)NCc2ccc(C(=O)O)o2)CCCCC1. The molecule has 0 spiro atoms. The summed E-state index contributed by atoms with van der Waals surface area (Å²) in [5.74, 6) is -0.948. The first-order valence-corrected chi connectivity index (χ1v) is 6.86. The van der Waals surface area contributed by atoms with Crippen LogP contribution < -0.4 is 11.1 Å². The lowest BCUT2D eigenvalue weighted by Gasteiger charge is -2.32. The summed E-state index contributed by atoms with van der Waals surface area (Å²) in [6.07, 6.45) is 5.40. The molecular weight excluding hydrogens is 260 g/mol. The van der Waals surface area contributed by atoms with Crippen molar-refractivity contribution in [1.29, 1.82) is 0 Å². The van der Waals surface area contributed by atoms with Crippen molar-refractivity contribution in [3.8, 4) is 0 Å². The molecule has 0 atom stereocenters. The van der Waals surface area contributed by atoms with Crippen molar-refractivity contribution in [2.24, 2.45) is 5.73 Å². The van der Waals surface area contributed by atoms with Gasteiger partial charge in [-0.3, -0.25) is 4.79 Å². The Hall–Kier alpha value is -1.82. The van der Waals surface area contributed by atoms with Crippen LogP contribution in [0.25, 0.3) is 0 Å². The Labute approximate surface area is 117 Å². The Bertz CT molecular complexity index is 489. The third-order valence-corrected chi connectivity index (χ3v) is 3.69. The molecule has 1 aromatic rings. The summed E-state index contributed by atoms with van der Waals surface area (Å²) in [4.78, 5) is 22.5. The number of rotatable bonds is 5. The molecule has 1 aliphatic carbocycles. The maximum absolute atomic E-state index is 11.9. The van der Waals surface area contributed by atoms with Crippen LogP contribution in [-0.2, 0) is 11.3 Å². The molecule has 110 valence electrons. The van der Waals surface area contributed by atoms with E-state index in [1.54, 1.807) is 6.07 Å². The molecule has 1 amide bonds. The molecule has 0 bridgehead atoms. The lowest BCUT2D eigenvalue weighted by molar-refractivity contribution is -0.122. The van der Waals surface area contributed by atoms with Crippen LogP contribution >= 0.6 is 0 Å². The molecule has 1 saturated carbocycles. The first-order valence-electron chi connectivity index (χ1n) is 6.86. The average molecular weight is 280 g/mol. The Balaban J connectivity index is 1.80. The lowest BCUT2D eigenvalue weighted by atomic mass is 9.80. The highest BCUT2D eigenvalue weighted by atomic mass is 16.4. The Kier molecular flexibility index (Phi) is 4.44. The number of carbonyl (C=O) groups is 2. The molecule has 1 aromatic heterocycles. The number of carboxylic acids is 1. The third-order valence-electron chi connectivity index (χ3n) is 3.69. The van der Waals surface area contributed by atoms with Crippen molar-refractivity contribution < 1.29 is 19.1 Å². The number of nitrogens with one attached hydrogen (secondary N) is 1. The van der Waals surface area contributed by atoms with Crippen molar-refractivity contribution in [2.45, 2.75) is 50.6 Å². The summed E-state index contributed by atoms with van der Waals surface area (Å²) < 4.78 is 5.07. The van der Waals surface area contributed by atoms with Crippen molar-refractivity contribution in [3.63, 3.8) is 0 Å². The number of aromatic carboxylic acids is 1. The second kappa shape index (κ2) is 6.09. The number of nitrogens with two attached hydrogens (primary N) is 1. The monoisotopic (exact) mass is 280 g/mol. The molecule has 6 nitrogen and oxygen atoms in total. The number of carbonyl (C=O) groups excluding carboxylic acids is 1. The van der Waals surface area contributed by atoms with Crippen LogP contribution in [-0.4, -0.2) is 22.5 Å². The van der Waals surface area contributed by atoms with Crippen LogP contribution in [0, 0.1) is 0 Å². The van der Waals surface area contributed by atoms with E-state index in [0.29, 0.717) is 12.2 Å². The number of hydrogen-bond donors (Lipinski definition) is 3. The fourth-order valence-electron chi connectivity index (χ4n) is 2.59. The lowest BCUT2D eigenvalue weighted by Crippen LogP contribution is -2.45. The van der Waals surface area contributed by atoms with E-state index in [0.717, 1.165) is 25.7 Å². The number of furan rings is 1. The maximum atomic E-state index is 11.9. The van der Waals surface area contributed by atoms with E-state index in [-0.39, 0.29) is 18.2 Å². The molecule has 0 aliphatic heterocycles. The van der Waals surface area contributed by atoms with Crippen molar-refractivity contribution in [3.05, 3.63) is 23.7 Å². The van der Waals surface area contributed by atoms with Crippen molar-refractivity contribution in [1.82, 2.24) is 5.32 Å². The van der Waals surface area contributed by atoms with Gasteiger partial charge >= 0.3 is 5.97 Å². The van der Waals surface area contributed by atoms with E-state index < -0.39 is 11.5 Å². The smallest absolute Gasteiger partial charge is 0.371 e. The minimum absolute atomic E-state index is 0.123. The Morgan fingerprint density at radius 2 is 2.00 bits per heavy atom. The molecule has 0 saturated heterocycles. The van der Waals surface area contributed by atoms with Crippen LogP contribution in [0.3, 0.4) is 0 Å². The summed E-state index contributed by atoms with van der Waals surface area (Å²) in [6, 6.07) is 2.91. The molecule has 2 rings (SSSR count). The molecule has 0 unspecified atom stereocenters. The van der Waals surface area contributed by atoms with Gasteiger partial charge in [-0.2, -0.15) is 0 Å². The van der Waals surface area contributed by atoms with Crippen LogP contribution in [0.5, 0.6) is 0 Å². The number of carboxylic acid groups (broad SMARTS) is 1. The molecule has 1 heterocycles. The predicted octanol–water partition coefficient (Wildman–Crippen LogP) is 1.65. The molecular formula is C14H20N2O4. The van der Waals surface area contributed by atoms with Gasteiger partial charge in [-0.15, -0.1) is 0 Å². The van der Waals surface area contributed by atoms with Crippen molar-refractivity contribution in [2.75, 3.05) is 0 Å². The highest BCUT2D eigenvalue weighted by Gasteiger charge is 2.29. The Morgan fingerprint density at radius 1 is 1.30 bits per heavy atom. The van der Waals surface area contributed by atoms with Crippen LogP contribution in [0.15, 0.2) is 16.5 Å².